The summed E-state index contributed by atoms with van der Waals surface area (Å²) in [6, 6.07) is 10.8. The van der Waals surface area contributed by atoms with E-state index in [9.17, 15) is 4.79 Å². The van der Waals surface area contributed by atoms with E-state index in [4.69, 9.17) is 5.26 Å². The van der Waals surface area contributed by atoms with E-state index in [2.05, 4.69) is 18.7 Å². The minimum absolute atomic E-state index is 0.136. The largest absolute Gasteiger partial charge is 0.309 e. The van der Waals surface area contributed by atoms with E-state index >= 15 is 0 Å². The number of thiophene rings is 1. The predicted molar refractivity (Wildman–Crippen MR) is 75.5 cm³/mol. The third kappa shape index (κ3) is 2.40. The molecule has 90 valence electrons. The molecule has 0 aliphatic rings. The van der Waals surface area contributed by atoms with Gasteiger partial charge < -0.3 is 4.90 Å². The Morgan fingerprint density at radius 3 is 2.78 bits per heavy atom. The Morgan fingerprint density at radius 2 is 2.17 bits per heavy atom. The highest BCUT2D eigenvalue weighted by Gasteiger charge is 2.17. The molecule has 0 saturated carbocycles. The van der Waals surface area contributed by atoms with Gasteiger partial charge in [0.25, 0.3) is 5.91 Å². The van der Waals surface area contributed by atoms with Gasteiger partial charge in [0.15, 0.2) is 0 Å². The number of amides is 1. The van der Waals surface area contributed by atoms with Crippen molar-refractivity contribution < 1.29 is 4.79 Å². The molecule has 2 rings (SSSR count). The number of nitrogens with zero attached hydrogens (tertiary/aromatic N) is 2. The molecule has 0 radical (unpaired) electrons. The second-order valence-corrected chi connectivity index (χ2v) is 5.09. The lowest BCUT2D eigenvalue weighted by molar-refractivity contribution is 0.0996. The number of benzene rings is 1. The van der Waals surface area contributed by atoms with E-state index in [1.807, 2.05) is 0 Å². The van der Waals surface area contributed by atoms with Crippen LogP contribution in [0.1, 0.15) is 15.2 Å². The van der Waals surface area contributed by atoms with E-state index < -0.39 is 0 Å². The van der Waals surface area contributed by atoms with Crippen molar-refractivity contribution in [2.75, 3.05) is 11.9 Å². The summed E-state index contributed by atoms with van der Waals surface area (Å²) in [5.74, 6) is -0.136. The third-order valence-electron chi connectivity index (χ3n) is 2.49. The van der Waals surface area contributed by atoms with Crippen LogP contribution in [-0.2, 0) is 0 Å². The molecule has 1 amide bonds. The van der Waals surface area contributed by atoms with E-state index in [0.29, 0.717) is 16.1 Å². The number of carbonyl (C=O) groups is 1. The molecule has 18 heavy (non-hydrogen) atoms. The van der Waals surface area contributed by atoms with Gasteiger partial charge in [0.1, 0.15) is 6.07 Å². The van der Waals surface area contributed by atoms with Crippen molar-refractivity contribution in [3.8, 4) is 6.07 Å². The summed E-state index contributed by atoms with van der Waals surface area (Å²) in [7, 11) is 1.66. The molecule has 0 atom stereocenters. The van der Waals surface area contributed by atoms with E-state index in [0.717, 1.165) is 4.90 Å². The number of hydrogen-bond acceptors (Lipinski definition) is 4. The summed E-state index contributed by atoms with van der Waals surface area (Å²) in [6.45, 7) is 0. The van der Waals surface area contributed by atoms with Crippen molar-refractivity contribution >= 4 is 35.6 Å². The van der Waals surface area contributed by atoms with Crippen LogP contribution in [0.5, 0.6) is 0 Å². The SMILES string of the molecule is CN(C(=O)c1cc(S)cs1)c1ccccc1C#N. The molecule has 0 fully saturated rings. The Kier molecular flexibility index (Phi) is 3.70. The Hall–Kier alpha value is -1.77. The van der Waals surface area contributed by atoms with Crippen LogP contribution in [0, 0.1) is 11.3 Å². The van der Waals surface area contributed by atoms with Gasteiger partial charge >= 0.3 is 0 Å². The van der Waals surface area contributed by atoms with E-state index in [1.54, 1.807) is 42.8 Å². The van der Waals surface area contributed by atoms with Gasteiger partial charge in [-0.05, 0) is 18.2 Å². The molecule has 1 heterocycles. The van der Waals surface area contributed by atoms with Crippen LogP contribution in [-0.4, -0.2) is 13.0 Å². The van der Waals surface area contributed by atoms with Crippen LogP contribution in [0.3, 0.4) is 0 Å². The first kappa shape index (κ1) is 12.7. The van der Waals surface area contributed by atoms with Gasteiger partial charge in [-0.2, -0.15) is 5.26 Å². The average molecular weight is 274 g/mol. The zero-order valence-electron chi connectivity index (χ0n) is 9.62. The monoisotopic (exact) mass is 274 g/mol. The van der Waals surface area contributed by atoms with Gasteiger partial charge in [-0.25, -0.2) is 0 Å². The van der Waals surface area contributed by atoms with Gasteiger partial charge in [0.05, 0.1) is 16.1 Å². The molecule has 0 spiro atoms. The second kappa shape index (κ2) is 5.25. The summed E-state index contributed by atoms with van der Waals surface area (Å²) < 4.78 is 0. The molecule has 0 unspecified atom stereocenters. The molecule has 0 aliphatic carbocycles. The first-order valence-corrected chi connectivity index (χ1v) is 6.51. The lowest BCUT2D eigenvalue weighted by atomic mass is 10.2. The molecule has 0 bridgehead atoms. The fourth-order valence-electron chi connectivity index (χ4n) is 1.57. The fourth-order valence-corrected chi connectivity index (χ4v) is 2.70. The topological polar surface area (TPSA) is 44.1 Å². The summed E-state index contributed by atoms with van der Waals surface area (Å²) in [6.07, 6.45) is 0. The van der Waals surface area contributed by atoms with Crippen molar-refractivity contribution in [2.45, 2.75) is 4.90 Å². The number of para-hydroxylation sites is 1. The van der Waals surface area contributed by atoms with Crippen LogP contribution < -0.4 is 4.90 Å². The average Bonchev–Trinajstić information content (AvgIpc) is 2.83. The third-order valence-corrected chi connectivity index (χ3v) is 3.84. The van der Waals surface area contributed by atoms with Crippen LogP contribution in [0.25, 0.3) is 0 Å². The molecule has 1 aromatic carbocycles. The fraction of sp³-hybridized carbons (Fsp3) is 0.0769. The highest BCUT2D eigenvalue weighted by Crippen LogP contribution is 2.24. The molecule has 0 N–H and O–H groups in total. The molecule has 2 aromatic rings. The molecular formula is C13H10N2OS2. The lowest BCUT2D eigenvalue weighted by Crippen LogP contribution is -2.26. The van der Waals surface area contributed by atoms with Crippen LogP contribution >= 0.6 is 24.0 Å². The van der Waals surface area contributed by atoms with Gasteiger partial charge in [-0.1, -0.05) is 12.1 Å². The minimum Gasteiger partial charge on any atom is -0.309 e. The maximum atomic E-state index is 12.2. The Labute approximate surface area is 115 Å². The maximum Gasteiger partial charge on any atom is 0.268 e. The van der Waals surface area contributed by atoms with Crippen molar-refractivity contribution in [1.29, 1.82) is 5.26 Å². The highest BCUT2D eigenvalue weighted by molar-refractivity contribution is 7.80. The molecule has 1 aromatic heterocycles. The van der Waals surface area contributed by atoms with Gasteiger partial charge in [0, 0.05) is 17.3 Å². The van der Waals surface area contributed by atoms with Crippen molar-refractivity contribution in [2.24, 2.45) is 0 Å². The normalized spacial score (nSPS) is 9.83. The van der Waals surface area contributed by atoms with Crippen molar-refractivity contribution in [1.82, 2.24) is 0 Å². The molecular weight excluding hydrogens is 264 g/mol. The van der Waals surface area contributed by atoms with E-state index in [-0.39, 0.29) is 5.91 Å². The standard InChI is InChI=1S/C13H10N2OS2/c1-15(11-5-3-2-4-9(11)7-14)13(16)12-6-10(17)8-18-12/h2-6,8,17H,1H3. The predicted octanol–water partition coefficient (Wildman–Crippen LogP) is 3.19. The summed E-state index contributed by atoms with van der Waals surface area (Å²) in [4.78, 5) is 15.1. The van der Waals surface area contributed by atoms with E-state index in [1.165, 1.54) is 16.2 Å². The number of carbonyl (C=O) groups excluding carboxylic acids is 1. The van der Waals surface area contributed by atoms with Crippen molar-refractivity contribution in [3.05, 3.63) is 46.2 Å². The second-order valence-electron chi connectivity index (χ2n) is 3.66. The zero-order valence-corrected chi connectivity index (χ0v) is 11.3. The maximum absolute atomic E-state index is 12.2. The highest BCUT2D eigenvalue weighted by atomic mass is 32.1. The van der Waals surface area contributed by atoms with Crippen LogP contribution in [0.2, 0.25) is 0 Å². The molecule has 0 aliphatic heterocycles. The summed E-state index contributed by atoms with van der Waals surface area (Å²) >= 11 is 5.53. The number of thiol groups is 1. The molecule has 3 nitrogen and oxygen atoms in total. The Bertz CT molecular complexity index is 628. The van der Waals surface area contributed by atoms with Gasteiger partial charge in [-0.15, -0.1) is 24.0 Å². The lowest BCUT2D eigenvalue weighted by Gasteiger charge is -2.17. The summed E-state index contributed by atoms with van der Waals surface area (Å²) in [5.41, 5.74) is 1.09. The number of rotatable bonds is 2. The van der Waals surface area contributed by atoms with Gasteiger partial charge in [-0.3, -0.25) is 4.79 Å². The van der Waals surface area contributed by atoms with Crippen LogP contribution in [0.4, 0.5) is 5.69 Å². The Morgan fingerprint density at radius 1 is 1.44 bits per heavy atom. The van der Waals surface area contributed by atoms with Crippen molar-refractivity contribution in [3.63, 3.8) is 0 Å². The minimum atomic E-state index is -0.136. The number of nitriles is 1. The van der Waals surface area contributed by atoms with Gasteiger partial charge in [0.2, 0.25) is 0 Å². The first-order chi connectivity index (χ1) is 8.63. The quantitative estimate of drug-likeness (QED) is 0.855. The first-order valence-electron chi connectivity index (χ1n) is 5.18. The Balaban J connectivity index is 2.34. The number of hydrogen-bond donors (Lipinski definition) is 1. The van der Waals surface area contributed by atoms with Crippen LogP contribution in [0.15, 0.2) is 40.6 Å². The number of anilines is 1. The smallest absolute Gasteiger partial charge is 0.268 e. The summed E-state index contributed by atoms with van der Waals surface area (Å²) in [5, 5.41) is 10.8. The molecule has 0 saturated heterocycles. The molecule has 5 heteroatoms. The zero-order chi connectivity index (χ0) is 13.1.